The second-order valence-electron chi connectivity index (χ2n) is 8.18. The molecule has 0 unspecified atom stereocenters. The van der Waals surface area contributed by atoms with Gasteiger partial charge in [-0.05, 0) is 59.5 Å². The van der Waals surface area contributed by atoms with Crippen LogP contribution < -0.4 is 5.73 Å². The normalized spacial score (nSPS) is 11.4. The Bertz CT molecular complexity index is 1420. The average Bonchev–Trinajstić information content (AvgIpc) is 3.23. The maximum absolute atomic E-state index is 6.21. The molecule has 4 aromatic heterocycles. The van der Waals surface area contributed by atoms with Crippen LogP contribution in [0.15, 0.2) is 73.1 Å². The van der Waals surface area contributed by atoms with E-state index in [0.717, 1.165) is 39.4 Å². The topological polar surface area (TPSA) is 82.5 Å². The van der Waals surface area contributed by atoms with E-state index in [4.69, 9.17) is 27.3 Å². The zero-order chi connectivity index (χ0) is 22.9. The van der Waals surface area contributed by atoms with Gasteiger partial charge in [-0.25, -0.2) is 15.0 Å². The lowest BCUT2D eigenvalue weighted by atomic mass is 10.1. The van der Waals surface area contributed by atoms with E-state index < -0.39 is 0 Å². The van der Waals surface area contributed by atoms with Crippen LogP contribution in [0.1, 0.15) is 30.9 Å². The van der Waals surface area contributed by atoms with Gasteiger partial charge in [0.1, 0.15) is 11.3 Å². The van der Waals surface area contributed by atoms with Crippen LogP contribution in [0.3, 0.4) is 0 Å². The van der Waals surface area contributed by atoms with E-state index in [9.17, 15) is 0 Å². The number of imidazole rings is 1. The second kappa shape index (κ2) is 8.64. The van der Waals surface area contributed by atoms with Crippen molar-refractivity contribution in [1.82, 2.24) is 24.5 Å². The number of hydrogen-bond acceptors (Lipinski definition) is 5. The number of alkyl halides is 1. The number of nitrogens with two attached hydrogens (primary N) is 1. The van der Waals surface area contributed by atoms with Crippen molar-refractivity contribution in [3.05, 3.63) is 84.2 Å². The summed E-state index contributed by atoms with van der Waals surface area (Å²) >= 11 is 6.00. The van der Waals surface area contributed by atoms with Crippen LogP contribution in [0.25, 0.3) is 39.6 Å². The summed E-state index contributed by atoms with van der Waals surface area (Å²) in [6.07, 6.45) is 3.58. The van der Waals surface area contributed by atoms with Crippen LogP contribution >= 0.6 is 11.6 Å². The summed E-state index contributed by atoms with van der Waals surface area (Å²) in [6.45, 7) is 4.31. The molecule has 0 fully saturated rings. The lowest BCUT2D eigenvalue weighted by molar-refractivity contribution is 0.858. The van der Waals surface area contributed by atoms with Gasteiger partial charge in [0, 0.05) is 24.0 Å². The molecule has 5 rings (SSSR count). The highest BCUT2D eigenvalue weighted by molar-refractivity contribution is 6.17. The first-order chi connectivity index (χ1) is 16.0. The van der Waals surface area contributed by atoms with E-state index in [0.29, 0.717) is 23.4 Å². The molecule has 0 saturated heterocycles. The molecule has 0 bridgehead atoms. The number of halogens is 1. The predicted molar refractivity (Wildman–Crippen MR) is 133 cm³/mol. The second-order valence-corrected chi connectivity index (χ2v) is 8.45. The van der Waals surface area contributed by atoms with Crippen LogP contribution in [0.5, 0.6) is 0 Å². The number of nitrogens with zero attached hydrogens (tertiary/aromatic N) is 5. The Balaban J connectivity index is 1.72. The first-order valence-electron chi connectivity index (χ1n) is 10.8. The third-order valence-corrected chi connectivity index (χ3v) is 5.96. The molecule has 0 spiro atoms. The minimum absolute atomic E-state index is 0.414. The number of benzene rings is 1. The highest BCUT2D eigenvalue weighted by Gasteiger charge is 2.19. The standard InChI is InChI=1S/C26H23ClN6/c1-16(2)18-7-10-21(30-15-18)22-11-12-23-26(31-22)33(19-8-5-17(14-27)6-9-19)25(32-23)20-4-3-13-29-24(20)28/h3-13,15-16H,14H2,1-2H3,(H2,28,29). The minimum Gasteiger partial charge on any atom is -0.383 e. The fraction of sp³-hybridized carbons (Fsp3) is 0.154. The maximum Gasteiger partial charge on any atom is 0.165 e. The average molecular weight is 455 g/mol. The molecular weight excluding hydrogens is 432 g/mol. The summed E-state index contributed by atoms with van der Waals surface area (Å²) < 4.78 is 2.01. The minimum atomic E-state index is 0.414. The van der Waals surface area contributed by atoms with E-state index in [1.807, 2.05) is 65.4 Å². The van der Waals surface area contributed by atoms with E-state index in [1.165, 1.54) is 5.56 Å². The first-order valence-corrected chi connectivity index (χ1v) is 11.3. The summed E-state index contributed by atoms with van der Waals surface area (Å²) in [5.74, 6) is 1.97. The largest absolute Gasteiger partial charge is 0.383 e. The summed E-state index contributed by atoms with van der Waals surface area (Å²) in [5.41, 5.74) is 13.2. The summed E-state index contributed by atoms with van der Waals surface area (Å²) in [7, 11) is 0. The molecule has 0 radical (unpaired) electrons. The van der Waals surface area contributed by atoms with Crippen molar-refractivity contribution in [2.75, 3.05) is 5.73 Å². The zero-order valence-corrected chi connectivity index (χ0v) is 19.2. The van der Waals surface area contributed by atoms with Gasteiger partial charge >= 0.3 is 0 Å². The lowest BCUT2D eigenvalue weighted by Gasteiger charge is -2.11. The van der Waals surface area contributed by atoms with Gasteiger partial charge in [-0.15, -0.1) is 11.6 Å². The lowest BCUT2D eigenvalue weighted by Crippen LogP contribution is -2.02. The maximum atomic E-state index is 6.21. The van der Waals surface area contributed by atoms with Crippen molar-refractivity contribution < 1.29 is 0 Å². The highest BCUT2D eigenvalue weighted by atomic mass is 35.5. The number of pyridine rings is 3. The molecule has 4 heterocycles. The van der Waals surface area contributed by atoms with Crippen LogP contribution in [0.2, 0.25) is 0 Å². The zero-order valence-electron chi connectivity index (χ0n) is 18.4. The molecule has 5 aromatic rings. The molecule has 33 heavy (non-hydrogen) atoms. The molecule has 0 amide bonds. The Kier molecular flexibility index (Phi) is 5.52. The molecular formula is C26H23ClN6. The molecule has 1 aromatic carbocycles. The van der Waals surface area contributed by atoms with E-state index >= 15 is 0 Å². The molecule has 0 aliphatic heterocycles. The molecule has 0 aliphatic carbocycles. The van der Waals surface area contributed by atoms with Gasteiger partial charge in [-0.3, -0.25) is 9.55 Å². The fourth-order valence-electron chi connectivity index (χ4n) is 3.76. The summed E-state index contributed by atoms with van der Waals surface area (Å²) in [4.78, 5) is 18.7. The Morgan fingerprint density at radius 2 is 1.70 bits per heavy atom. The van der Waals surface area contributed by atoms with Crippen LogP contribution in [-0.2, 0) is 5.88 Å². The molecule has 7 heteroatoms. The molecule has 2 N–H and O–H groups in total. The van der Waals surface area contributed by atoms with Crippen LogP contribution in [0.4, 0.5) is 5.82 Å². The van der Waals surface area contributed by atoms with E-state index in [-0.39, 0.29) is 0 Å². The van der Waals surface area contributed by atoms with Crippen molar-refractivity contribution >= 4 is 28.6 Å². The van der Waals surface area contributed by atoms with Gasteiger partial charge in [0.25, 0.3) is 0 Å². The Morgan fingerprint density at radius 1 is 0.909 bits per heavy atom. The third kappa shape index (κ3) is 3.94. The van der Waals surface area contributed by atoms with E-state index in [1.54, 1.807) is 6.20 Å². The summed E-state index contributed by atoms with van der Waals surface area (Å²) in [5, 5.41) is 0. The SMILES string of the molecule is CC(C)c1ccc(-c2ccc3nc(-c4cccnc4N)n(-c4ccc(CCl)cc4)c3n2)nc1. The Hall–Kier alpha value is -3.77. The molecule has 6 nitrogen and oxygen atoms in total. The predicted octanol–water partition coefficient (Wildman–Crippen LogP) is 5.99. The van der Waals surface area contributed by atoms with Crippen molar-refractivity contribution in [2.45, 2.75) is 25.6 Å². The number of rotatable bonds is 5. The number of anilines is 1. The quantitative estimate of drug-likeness (QED) is 0.330. The molecule has 164 valence electrons. The van der Waals surface area contributed by atoms with Crippen molar-refractivity contribution in [2.24, 2.45) is 0 Å². The van der Waals surface area contributed by atoms with Gasteiger partial charge in [-0.2, -0.15) is 0 Å². The van der Waals surface area contributed by atoms with Crippen molar-refractivity contribution in [3.63, 3.8) is 0 Å². The summed E-state index contributed by atoms with van der Waals surface area (Å²) in [6, 6.07) is 19.8. The van der Waals surface area contributed by atoms with Crippen molar-refractivity contribution in [3.8, 4) is 28.5 Å². The number of aromatic nitrogens is 5. The number of hydrogen-bond donors (Lipinski definition) is 1. The van der Waals surface area contributed by atoms with Gasteiger partial charge in [0.2, 0.25) is 0 Å². The van der Waals surface area contributed by atoms with Crippen LogP contribution in [-0.4, -0.2) is 24.5 Å². The third-order valence-electron chi connectivity index (χ3n) is 5.65. The van der Waals surface area contributed by atoms with Gasteiger partial charge in [0.05, 0.1) is 17.0 Å². The van der Waals surface area contributed by atoms with Gasteiger partial charge in [0.15, 0.2) is 11.5 Å². The van der Waals surface area contributed by atoms with Crippen LogP contribution in [0, 0.1) is 0 Å². The smallest absolute Gasteiger partial charge is 0.165 e. The molecule has 0 saturated carbocycles. The Labute approximate surface area is 197 Å². The van der Waals surface area contributed by atoms with Gasteiger partial charge in [-0.1, -0.05) is 32.0 Å². The van der Waals surface area contributed by atoms with E-state index in [2.05, 4.69) is 29.9 Å². The van der Waals surface area contributed by atoms with Crippen molar-refractivity contribution in [1.29, 1.82) is 0 Å². The number of fused-ring (bicyclic) bond motifs is 1. The highest BCUT2D eigenvalue weighted by Crippen LogP contribution is 2.31. The molecule has 0 aliphatic rings. The van der Waals surface area contributed by atoms with Gasteiger partial charge < -0.3 is 5.73 Å². The first kappa shape index (κ1) is 21.1. The monoisotopic (exact) mass is 454 g/mol. The Morgan fingerprint density at radius 3 is 2.36 bits per heavy atom. The number of nitrogen functional groups attached to an aromatic ring is 1. The molecule has 0 atom stereocenters. The fourth-order valence-corrected chi connectivity index (χ4v) is 3.94.